The van der Waals surface area contributed by atoms with Crippen LogP contribution in [0.15, 0.2) is 16.7 Å². The minimum absolute atomic E-state index is 0.0329. The summed E-state index contributed by atoms with van der Waals surface area (Å²) in [6, 6.07) is 0.336. The number of rotatable bonds is 4. The standard InChI is InChI=1S/C31H44N4O4/c1-19-8-5-12-30(20(19)2)13-6-9-22(27(30)36)25(32)28-33-26-23(11-16-38-31(26)14-17-37-18-31)29(34-28)39-21(3)24-10-7-15-35(24)4/h21,24H,5-18,32H2,1-4H3/b25-22-/t21-,24-,30+,31-/m0/s1. The fourth-order valence-corrected chi connectivity index (χ4v) is 7.84. The molecule has 1 aromatic heterocycles. The summed E-state index contributed by atoms with van der Waals surface area (Å²) in [7, 11) is 2.16. The lowest BCUT2D eigenvalue weighted by molar-refractivity contribution is -0.125. The van der Waals surface area contributed by atoms with Crippen molar-refractivity contribution in [1.29, 1.82) is 0 Å². The number of aromatic nitrogens is 2. The summed E-state index contributed by atoms with van der Waals surface area (Å²) in [5.74, 6) is 1.15. The summed E-state index contributed by atoms with van der Waals surface area (Å²) in [6.45, 7) is 9.19. The number of ketones is 1. The van der Waals surface area contributed by atoms with Crippen LogP contribution in [0.1, 0.15) is 95.6 Å². The van der Waals surface area contributed by atoms with E-state index in [1.807, 2.05) is 0 Å². The molecule has 212 valence electrons. The van der Waals surface area contributed by atoms with E-state index in [-0.39, 0.29) is 11.9 Å². The van der Waals surface area contributed by atoms with Crippen LogP contribution >= 0.6 is 0 Å². The normalized spacial score (nSPS) is 33.6. The molecule has 4 heterocycles. The Morgan fingerprint density at radius 3 is 2.62 bits per heavy atom. The van der Waals surface area contributed by atoms with Gasteiger partial charge in [0.05, 0.1) is 30.0 Å². The van der Waals surface area contributed by atoms with Crippen molar-refractivity contribution in [2.75, 3.05) is 33.4 Å². The number of Topliss-reactive ketones (excluding diaryl/α,β-unsaturated/α-hetero) is 1. The van der Waals surface area contributed by atoms with Crippen molar-refractivity contribution in [2.24, 2.45) is 11.1 Å². The van der Waals surface area contributed by atoms with E-state index in [0.717, 1.165) is 62.7 Å². The molecule has 3 aliphatic heterocycles. The van der Waals surface area contributed by atoms with E-state index in [1.165, 1.54) is 17.6 Å². The number of carbonyl (C=O) groups excluding carboxylic acids is 1. The quantitative estimate of drug-likeness (QED) is 0.445. The number of nitrogens with two attached hydrogens (primary N) is 1. The number of likely N-dealkylation sites (tertiary alicyclic amines) is 1. The molecular weight excluding hydrogens is 492 g/mol. The molecule has 6 rings (SSSR count). The summed E-state index contributed by atoms with van der Waals surface area (Å²) < 4.78 is 18.8. The molecule has 8 heteroatoms. The van der Waals surface area contributed by atoms with E-state index in [4.69, 9.17) is 29.9 Å². The Labute approximate surface area is 232 Å². The first kappa shape index (κ1) is 26.9. The van der Waals surface area contributed by atoms with E-state index < -0.39 is 11.0 Å². The Morgan fingerprint density at radius 1 is 1.10 bits per heavy atom. The van der Waals surface area contributed by atoms with Crippen LogP contribution in [0.25, 0.3) is 5.70 Å². The fraction of sp³-hybridized carbons (Fsp3) is 0.710. The molecule has 0 aromatic carbocycles. The molecule has 1 saturated carbocycles. The summed E-state index contributed by atoms with van der Waals surface area (Å²) in [6.07, 6.45) is 9.16. The molecule has 0 radical (unpaired) electrons. The zero-order valence-corrected chi connectivity index (χ0v) is 24.1. The van der Waals surface area contributed by atoms with Gasteiger partial charge in [-0.25, -0.2) is 4.98 Å². The maximum Gasteiger partial charge on any atom is 0.221 e. The van der Waals surface area contributed by atoms with Gasteiger partial charge in [-0.05, 0) is 85.7 Å². The molecule has 2 N–H and O–H groups in total. The van der Waals surface area contributed by atoms with Gasteiger partial charge in [0.25, 0.3) is 0 Å². The molecule has 2 spiro atoms. The maximum atomic E-state index is 14.2. The van der Waals surface area contributed by atoms with Crippen LogP contribution < -0.4 is 10.5 Å². The first-order valence-electron chi connectivity index (χ1n) is 15.0. The number of fused-ring (bicyclic) bond motifs is 2. The molecule has 3 fully saturated rings. The topological polar surface area (TPSA) is 99.8 Å². The number of allylic oxidation sites excluding steroid dienone is 3. The van der Waals surface area contributed by atoms with Gasteiger partial charge in [-0.2, -0.15) is 4.98 Å². The smallest absolute Gasteiger partial charge is 0.221 e. The minimum Gasteiger partial charge on any atom is -0.473 e. The maximum absolute atomic E-state index is 14.2. The Hall–Kier alpha value is -2.29. The van der Waals surface area contributed by atoms with Gasteiger partial charge in [0.1, 0.15) is 11.7 Å². The zero-order valence-electron chi connectivity index (χ0n) is 24.1. The predicted octanol–water partition coefficient (Wildman–Crippen LogP) is 4.46. The molecule has 5 aliphatic rings. The van der Waals surface area contributed by atoms with Crippen LogP contribution in [-0.4, -0.2) is 66.2 Å². The lowest BCUT2D eigenvalue weighted by Gasteiger charge is -2.42. The molecule has 2 aliphatic carbocycles. The lowest BCUT2D eigenvalue weighted by atomic mass is 9.60. The van der Waals surface area contributed by atoms with Crippen LogP contribution in [0.5, 0.6) is 5.88 Å². The van der Waals surface area contributed by atoms with Crippen molar-refractivity contribution in [3.8, 4) is 5.88 Å². The van der Waals surface area contributed by atoms with Crippen molar-refractivity contribution in [1.82, 2.24) is 14.9 Å². The van der Waals surface area contributed by atoms with Crippen LogP contribution in [0.3, 0.4) is 0 Å². The number of nitrogens with zero attached hydrogens (tertiary/aromatic N) is 3. The van der Waals surface area contributed by atoms with Crippen molar-refractivity contribution < 1.29 is 19.0 Å². The first-order valence-corrected chi connectivity index (χ1v) is 15.0. The summed E-state index contributed by atoms with van der Waals surface area (Å²) in [4.78, 5) is 26.6. The Morgan fingerprint density at radius 2 is 1.90 bits per heavy atom. The highest BCUT2D eigenvalue weighted by atomic mass is 16.6. The Bertz CT molecular complexity index is 1220. The van der Waals surface area contributed by atoms with Crippen molar-refractivity contribution in [3.63, 3.8) is 0 Å². The average molecular weight is 537 g/mol. The Kier molecular flexibility index (Phi) is 7.09. The van der Waals surface area contributed by atoms with E-state index in [2.05, 4.69) is 32.7 Å². The molecular formula is C31H44N4O4. The highest BCUT2D eigenvalue weighted by molar-refractivity contribution is 6.07. The van der Waals surface area contributed by atoms with E-state index >= 15 is 0 Å². The predicted molar refractivity (Wildman–Crippen MR) is 149 cm³/mol. The average Bonchev–Trinajstić information content (AvgIpc) is 3.58. The fourth-order valence-electron chi connectivity index (χ4n) is 7.84. The highest BCUT2D eigenvalue weighted by Crippen LogP contribution is 2.50. The van der Waals surface area contributed by atoms with Gasteiger partial charge in [-0.1, -0.05) is 11.1 Å². The van der Waals surface area contributed by atoms with Crippen LogP contribution in [0.2, 0.25) is 0 Å². The van der Waals surface area contributed by atoms with Gasteiger partial charge < -0.3 is 19.9 Å². The third kappa shape index (κ3) is 4.43. The van der Waals surface area contributed by atoms with Crippen molar-refractivity contribution >= 4 is 11.5 Å². The summed E-state index contributed by atoms with van der Waals surface area (Å²) >= 11 is 0. The number of ether oxygens (including phenoxy) is 3. The largest absolute Gasteiger partial charge is 0.473 e. The molecule has 4 atom stereocenters. The van der Waals surface area contributed by atoms with Gasteiger partial charge in [0, 0.05) is 36.6 Å². The van der Waals surface area contributed by atoms with Crippen LogP contribution in [-0.2, 0) is 26.3 Å². The first-order chi connectivity index (χ1) is 18.8. The van der Waals surface area contributed by atoms with Gasteiger partial charge >= 0.3 is 0 Å². The molecule has 2 saturated heterocycles. The van der Waals surface area contributed by atoms with Crippen molar-refractivity contribution in [2.45, 2.75) is 103 Å². The van der Waals surface area contributed by atoms with Crippen molar-refractivity contribution in [3.05, 3.63) is 33.8 Å². The van der Waals surface area contributed by atoms with Gasteiger partial charge in [-0.3, -0.25) is 9.69 Å². The second-order valence-corrected chi connectivity index (χ2v) is 12.5. The molecule has 39 heavy (non-hydrogen) atoms. The Balaban J connectivity index is 1.44. The van der Waals surface area contributed by atoms with Gasteiger partial charge in [0.15, 0.2) is 11.6 Å². The molecule has 8 nitrogen and oxygen atoms in total. The highest BCUT2D eigenvalue weighted by Gasteiger charge is 2.48. The lowest BCUT2D eigenvalue weighted by Crippen LogP contribution is -2.41. The SMILES string of the molecule is CC1=C(C)[C@@]2(CCC1)CCC/C(=C(/N)c1nc(O[C@@H](C)[C@@H]3CCCN3C)c3c(n1)[C@@]1(CCOC1)OCC3)C2=O. The third-order valence-electron chi connectivity index (χ3n) is 10.4. The molecule has 1 aromatic rings. The van der Waals surface area contributed by atoms with Gasteiger partial charge in [-0.15, -0.1) is 0 Å². The second-order valence-electron chi connectivity index (χ2n) is 12.5. The molecule has 0 amide bonds. The van der Waals surface area contributed by atoms with Gasteiger partial charge in [0.2, 0.25) is 5.88 Å². The molecule has 0 bridgehead atoms. The number of hydrogen-bond donors (Lipinski definition) is 1. The summed E-state index contributed by atoms with van der Waals surface area (Å²) in [5.41, 5.74) is 11.3. The van der Waals surface area contributed by atoms with E-state index in [9.17, 15) is 4.79 Å². The van der Waals surface area contributed by atoms with Crippen LogP contribution in [0.4, 0.5) is 0 Å². The second kappa shape index (κ2) is 10.3. The molecule has 0 unspecified atom stereocenters. The summed E-state index contributed by atoms with van der Waals surface area (Å²) in [5, 5.41) is 0. The number of hydrogen-bond acceptors (Lipinski definition) is 8. The number of carbonyl (C=O) groups is 1. The van der Waals surface area contributed by atoms with E-state index in [0.29, 0.717) is 61.7 Å². The monoisotopic (exact) mass is 536 g/mol. The number of likely N-dealkylation sites (N-methyl/N-ethyl adjacent to an activating group) is 1. The minimum atomic E-state index is -0.612. The van der Waals surface area contributed by atoms with E-state index in [1.54, 1.807) is 0 Å². The zero-order chi connectivity index (χ0) is 27.4. The third-order valence-corrected chi connectivity index (χ3v) is 10.4. The van der Waals surface area contributed by atoms with Crippen LogP contribution in [0, 0.1) is 5.41 Å².